The van der Waals surface area contributed by atoms with Crippen LogP contribution in [0.4, 0.5) is 11.5 Å². The molecule has 1 heterocycles. The molecule has 21 heavy (non-hydrogen) atoms. The number of anilines is 2. The van der Waals surface area contributed by atoms with E-state index < -0.39 is 11.2 Å². The number of rotatable bonds is 9. The Hall–Kier alpha value is -1.76. The number of hydrogen-bond donors (Lipinski definition) is 3. The summed E-state index contributed by atoms with van der Waals surface area (Å²) in [5.74, 6) is 0.465. The number of aromatic amines is 1. The third kappa shape index (κ3) is 5.26. The second kappa shape index (κ2) is 8.51. The highest BCUT2D eigenvalue weighted by Gasteiger charge is 2.12. The summed E-state index contributed by atoms with van der Waals surface area (Å²) in [5.41, 5.74) is 5.31. The lowest BCUT2D eigenvalue weighted by molar-refractivity contribution is 0.192. The molecule has 0 aliphatic carbocycles. The van der Waals surface area contributed by atoms with Crippen LogP contribution in [-0.4, -0.2) is 29.8 Å². The SMILES string of the molecule is COCCCCCNc1c(N)n(CC(C)C)c(=O)[nH]c1=O. The Morgan fingerprint density at radius 2 is 2.00 bits per heavy atom. The van der Waals surface area contributed by atoms with Crippen molar-refractivity contribution in [2.24, 2.45) is 5.92 Å². The van der Waals surface area contributed by atoms with Crippen molar-refractivity contribution < 1.29 is 4.74 Å². The maximum absolute atomic E-state index is 11.8. The Bertz CT molecular complexity index is 548. The fourth-order valence-corrected chi connectivity index (χ4v) is 2.07. The summed E-state index contributed by atoms with van der Waals surface area (Å²) in [7, 11) is 1.68. The lowest BCUT2D eigenvalue weighted by Crippen LogP contribution is -2.35. The first-order valence-corrected chi connectivity index (χ1v) is 7.32. The van der Waals surface area contributed by atoms with E-state index in [1.807, 2.05) is 13.8 Å². The lowest BCUT2D eigenvalue weighted by atomic mass is 10.2. The molecule has 0 fully saturated rings. The van der Waals surface area contributed by atoms with Gasteiger partial charge in [0.15, 0.2) is 0 Å². The van der Waals surface area contributed by atoms with Crippen LogP contribution in [0.25, 0.3) is 0 Å². The quantitative estimate of drug-likeness (QED) is 0.590. The fraction of sp³-hybridized carbons (Fsp3) is 0.714. The molecule has 0 atom stereocenters. The summed E-state index contributed by atoms with van der Waals surface area (Å²) in [6.07, 6.45) is 2.90. The lowest BCUT2D eigenvalue weighted by Gasteiger charge is -2.15. The number of hydrogen-bond acceptors (Lipinski definition) is 5. The first kappa shape index (κ1) is 17.3. The second-order valence-corrected chi connectivity index (χ2v) is 5.50. The molecular formula is C14H26N4O3. The second-order valence-electron chi connectivity index (χ2n) is 5.50. The van der Waals surface area contributed by atoms with Crippen LogP contribution >= 0.6 is 0 Å². The molecule has 1 rings (SSSR count). The topological polar surface area (TPSA) is 102 Å². The van der Waals surface area contributed by atoms with E-state index in [4.69, 9.17) is 10.5 Å². The maximum Gasteiger partial charge on any atom is 0.330 e. The van der Waals surface area contributed by atoms with E-state index in [0.717, 1.165) is 25.9 Å². The van der Waals surface area contributed by atoms with Crippen LogP contribution in [0, 0.1) is 5.92 Å². The Morgan fingerprint density at radius 1 is 1.29 bits per heavy atom. The number of methoxy groups -OCH3 is 1. The first-order chi connectivity index (χ1) is 9.97. The molecule has 0 saturated carbocycles. The zero-order valence-corrected chi connectivity index (χ0v) is 13.1. The Balaban J connectivity index is 2.73. The molecule has 0 aliphatic heterocycles. The predicted octanol–water partition coefficient (Wildman–Crippen LogP) is 1.00. The van der Waals surface area contributed by atoms with E-state index in [1.54, 1.807) is 7.11 Å². The number of unbranched alkanes of at least 4 members (excludes halogenated alkanes) is 2. The molecule has 120 valence electrons. The van der Waals surface area contributed by atoms with Gasteiger partial charge < -0.3 is 15.8 Å². The highest BCUT2D eigenvalue weighted by molar-refractivity contribution is 5.60. The number of nitrogen functional groups attached to an aromatic ring is 1. The van der Waals surface area contributed by atoms with Gasteiger partial charge in [0.25, 0.3) is 5.56 Å². The number of nitrogens with one attached hydrogen (secondary N) is 2. The van der Waals surface area contributed by atoms with Gasteiger partial charge >= 0.3 is 5.69 Å². The molecule has 4 N–H and O–H groups in total. The first-order valence-electron chi connectivity index (χ1n) is 7.32. The van der Waals surface area contributed by atoms with Crippen LogP contribution in [-0.2, 0) is 11.3 Å². The largest absolute Gasteiger partial charge is 0.385 e. The minimum absolute atomic E-state index is 0.203. The molecule has 0 aromatic carbocycles. The fourth-order valence-electron chi connectivity index (χ4n) is 2.07. The minimum Gasteiger partial charge on any atom is -0.385 e. The number of H-pyrrole nitrogens is 1. The van der Waals surface area contributed by atoms with Gasteiger partial charge in [-0.3, -0.25) is 14.3 Å². The van der Waals surface area contributed by atoms with Gasteiger partial charge in [-0.05, 0) is 25.2 Å². The average molecular weight is 298 g/mol. The van der Waals surface area contributed by atoms with E-state index in [-0.39, 0.29) is 17.4 Å². The summed E-state index contributed by atoms with van der Waals surface area (Å²) < 4.78 is 6.38. The predicted molar refractivity (Wildman–Crippen MR) is 84.8 cm³/mol. The molecule has 0 spiro atoms. The third-order valence-electron chi connectivity index (χ3n) is 3.11. The Labute approximate surface area is 124 Å². The number of ether oxygens (including phenoxy) is 1. The molecule has 1 aromatic rings. The molecule has 0 aliphatic rings. The standard InChI is InChI=1S/C14H26N4O3/c1-10(2)9-18-12(15)11(13(19)17-14(18)20)16-7-5-4-6-8-21-3/h10,16H,4-9,15H2,1-3H3,(H,17,19,20). The molecule has 0 unspecified atom stereocenters. The highest BCUT2D eigenvalue weighted by atomic mass is 16.5. The van der Waals surface area contributed by atoms with Crippen molar-refractivity contribution in [1.29, 1.82) is 0 Å². The van der Waals surface area contributed by atoms with Crippen LogP contribution in [0.3, 0.4) is 0 Å². The van der Waals surface area contributed by atoms with Gasteiger partial charge in [0.05, 0.1) is 0 Å². The van der Waals surface area contributed by atoms with Crippen molar-refractivity contribution in [2.75, 3.05) is 31.3 Å². The van der Waals surface area contributed by atoms with E-state index >= 15 is 0 Å². The van der Waals surface area contributed by atoms with Gasteiger partial charge in [0.1, 0.15) is 11.5 Å². The van der Waals surface area contributed by atoms with E-state index in [2.05, 4.69) is 10.3 Å². The van der Waals surface area contributed by atoms with Gasteiger partial charge in [-0.1, -0.05) is 13.8 Å². The summed E-state index contributed by atoms with van der Waals surface area (Å²) in [4.78, 5) is 25.9. The summed E-state index contributed by atoms with van der Waals surface area (Å²) in [6.45, 7) is 5.82. The van der Waals surface area contributed by atoms with E-state index in [1.165, 1.54) is 4.57 Å². The van der Waals surface area contributed by atoms with E-state index in [0.29, 0.717) is 13.1 Å². The highest BCUT2D eigenvalue weighted by Crippen LogP contribution is 2.12. The van der Waals surface area contributed by atoms with Crippen molar-refractivity contribution in [2.45, 2.75) is 39.7 Å². The third-order valence-corrected chi connectivity index (χ3v) is 3.11. The minimum atomic E-state index is -0.464. The van der Waals surface area contributed by atoms with Crippen LogP contribution < -0.4 is 22.3 Å². The van der Waals surface area contributed by atoms with Crippen LogP contribution in [0.15, 0.2) is 9.59 Å². The van der Waals surface area contributed by atoms with Gasteiger partial charge in [0, 0.05) is 26.8 Å². The van der Waals surface area contributed by atoms with Crippen molar-refractivity contribution >= 4 is 11.5 Å². The van der Waals surface area contributed by atoms with Crippen LogP contribution in [0.1, 0.15) is 33.1 Å². The molecule has 7 heteroatoms. The van der Waals surface area contributed by atoms with Gasteiger partial charge in [-0.25, -0.2) is 4.79 Å². The monoisotopic (exact) mass is 298 g/mol. The molecular weight excluding hydrogens is 272 g/mol. The Kier molecular flexibility index (Phi) is 7.01. The van der Waals surface area contributed by atoms with Gasteiger partial charge in [-0.15, -0.1) is 0 Å². The van der Waals surface area contributed by atoms with Gasteiger partial charge in [0.2, 0.25) is 0 Å². The number of nitrogens with two attached hydrogens (primary N) is 1. The maximum atomic E-state index is 11.8. The van der Waals surface area contributed by atoms with Gasteiger partial charge in [-0.2, -0.15) is 0 Å². The normalized spacial score (nSPS) is 11.0. The van der Waals surface area contributed by atoms with Crippen molar-refractivity contribution in [1.82, 2.24) is 9.55 Å². The van der Waals surface area contributed by atoms with Crippen molar-refractivity contribution in [3.8, 4) is 0 Å². The average Bonchev–Trinajstić information content (AvgIpc) is 2.41. The summed E-state index contributed by atoms with van der Waals surface area (Å²) >= 11 is 0. The molecule has 0 amide bonds. The van der Waals surface area contributed by atoms with E-state index in [9.17, 15) is 9.59 Å². The summed E-state index contributed by atoms with van der Waals surface area (Å²) in [5, 5.41) is 3.03. The zero-order valence-electron chi connectivity index (χ0n) is 13.1. The smallest absolute Gasteiger partial charge is 0.330 e. The van der Waals surface area contributed by atoms with Crippen molar-refractivity contribution in [3.05, 3.63) is 20.8 Å². The van der Waals surface area contributed by atoms with Crippen molar-refractivity contribution in [3.63, 3.8) is 0 Å². The molecule has 1 aromatic heterocycles. The van der Waals surface area contributed by atoms with Crippen LogP contribution in [0.5, 0.6) is 0 Å². The molecule has 7 nitrogen and oxygen atoms in total. The zero-order chi connectivity index (χ0) is 15.8. The molecule has 0 saturated heterocycles. The Morgan fingerprint density at radius 3 is 2.62 bits per heavy atom. The summed E-state index contributed by atoms with van der Waals surface area (Å²) in [6, 6.07) is 0. The number of nitrogens with zero attached hydrogens (tertiary/aromatic N) is 1. The number of aromatic nitrogens is 2. The molecule has 0 bridgehead atoms. The van der Waals surface area contributed by atoms with Crippen LogP contribution in [0.2, 0.25) is 0 Å². The molecule has 0 radical (unpaired) electrons.